The standard InChI is InChI=1S/C18H38N2/c1-6-12-16(3)17(19-13-7-2)18(4,5)20-14-10-8-9-11-15-20/h16-17,19H,6-15H2,1-5H3. The fourth-order valence-corrected chi connectivity index (χ4v) is 3.91. The molecule has 2 heteroatoms. The van der Waals surface area contributed by atoms with Crippen LogP contribution in [0.4, 0.5) is 0 Å². The third-order valence-electron chi connectivity index (χ3n) is 5.11. The summed E-state index contributed by atoms with van der Waals surface area (Å²) in [5.41, 5.74) is 0.272. The fraction of sp³-hybridized carbons (Fsp3) is 1.00. The van der Waals surface area contributed by atoms with Crippen LogP contribution in [0.5, 0.6) is 0 Å². The van der Waals surface area contributed by atoms with Gasteiger partial charge in [-0.15, -0.1) is 0 Å². The van der Waals surface area contributed by atoms with E-state index in [0.29, 0.717) is 6.04 Å². The van der Waals surface area contributed by atoms with Gasteiger partial charge in [0.15, 0.2) is 0 Å². The molecule has 0 saturated carbocycles. The van der Waals surface area contributed by atoms with Crippen molar-refractivity contribution in [1.29, 1.82) is 0 Å². The number of hydrogen-bond acceptors (Lipinski definition) is 2. The SMILES string of the molecule is CCCNC(C(C)CCC)C(C)(C)N1CCCCCC1. The van der Waals surface area contributed by atoms with Gasteiger partial charge in [-0.1, -0.05) is 40.0 Å². The summed E-state index contributed by atoms with van der Waals surface area (Å²) in [6, 6.07) is 0.612. The Morgan fingerprint density at radius 2 is 1.60 bits per heavy atom. The lowest BCUT2D eigenvalue weighted by Gasteiger charge is -2.47. The van der Waals surface area contributed by atoms with E-state index in [0.717, 1.165) is 12.5 Å². The van der Waals surface area contributed by atoms with E-state index in [1.54, 1.807) is 0 Å². The summed E-state index contributed by atoms with van der Waals surface area (Å²) in [7, 11) is 0. The van der Waals surface area contributed by atoms with Crippen LogP contribution in [0.1, 0.15) is 79.6 Å². The second-order valence-corrected chi connectivity index (χ2v) is 7.25. The van der Waals surface area contributed by atoms with Crippen molar-refractivity contribution in [2.24, 2.45) is 5.92 Å². The number of likely N-dealkylation sites (tertiary alicyclic amines) is 1. The Morgan fingerprint density at radius 1 is 1.00 bits per heavy atom. The van der Waals surface area contributed by atoms with E-state index in [1.807, 2.05) is 0 Å². The quantitative estimate of drug-likeness (QED) is 0.708. The Kier molecular flexibility index (Phi) is 8.13. The summed E-state index contributed by atoms with van der Waals surface area (Å²) in [6.45, 7) is 15.7. The summed E-state index contributed by atoms with van der Waals surface area (Å²) >= 11 is 0. The van der Waals surface area contributed by atoms with Gasteiger partial charge in [0.1, 0.15) is 0 Å². The first kappa shape index (κ1) is 18.0. The summed E-state index contributed by atoms with van der Waals surface area (Å²) < 4.78 is 0. The number of nitrogens with zero attached hydrogens (tertiary/aromatic N) is 1. The highest BCUT2D eigenvalue weighted by molar-refractivity contribution is 4.96. The molecule has 0 spiro atoms. The lowest BCUT2D eigenvalue weighted by molar-refractivity contribution is 0.0598. The maximum Gasteiger partial charge on any atom is 0.0308 e. The summed E-state index contributed by atoms with van der Waals surface area (Å²) in [5.74, 6) is 0.754. The average Bonchev–Trinajstić information content (AvgIpc) is 2.68. The first-order chi connectivity index (χ1) is 9.54. The highest BCUT2D eigenvalue weighted by atomic mass is 15.2. The highest BCUT2D eigenvalue weighted by Gasteiger charge is 2.37. The summed E-state index contributed by atoms with van der Waals surface area (Å²) in [5, 5.41) is 3.87. The fourth-order valence-electron chi connectivity index (χ4n) is 3.91. The Labute approximate surface area is 127 Å². The zero-order chi connectivity index (χ0) is 15.0. The molecule has 1 heterocycles. The van der Waals surface area contributed by atoms with E-state index >= 15 is 0 Å². The van der Waals surface area contributed by atoms with Gasteiger partial charge in [0.2, 0.25) is 0 Å². The topological polar surface area (TPSA) is 15.3 Å². The minimum atomic E-state index is 0.272. The monoisotopic (exact) mass is 282 g/mol. The second-order valence-electron chi connectivity index (χ2n) is 7.25. The van der Waals surface area contributed by atoms with Crippen LogP contribution in [-0.4, -0.2) is 36.1 Å². The molecule has 2 atom stereocenters. The lowest BCUT2D eigenvalue weighted by Crippen LogP contribution is -2.60. The van der Waals surface area contributed by atoms with Crippen molar-refractivity contribution in [1.82, 2.24) is 10.2 Å². The molecule has 0 radical (unpaired) electrons. The second kappa shape index (κ2) is 9.04. The summed E-state index contributed by atoms with van der Waals surface area (Å²) in [4.78, 5) is 2.76. The molecule has 1 rings (SSSR count). The smallest absolute Gasteiger partial charge is 0.0308 e. The Hall–Kier alpha value is -0.0800. The molecule has 1 aliphatic rings. The molecule has 2 nitrogen and oxygen atoms in total. The van der Waals surface area contributed by atoms with Gasteiger partial charge in [-0.25, -0.2) is 0 Å². The van der Waals surface area contributed by atoms with E-state index in [2.05, 4.69) is 44.8 Å². The molecule has 0 bridgehead atoms. The molecular formula is C18H38N2. The van der Waals surface area contributed by atoms with Crippen molar-refractivity contribution in [2.45, 2.75) is 91.1 Å². The van der Waals surface area contributed by atoms with Crippen LogP contribution in [0.2, 0.25) is 0 Å². The van der Waals surface area contributed by atoms with Gasteiger partial charge in [0.05, 0.1) is 0 Å². The van der Waals surface area contributed by atoms with Gasteiger partial charge in [0.25, 0.3) is 0 Å². The molecule has 0 aromatic heterocycles. The van der Waals surface area contributed by atoms with E-state index in [9.17, 15) is 0 Å². The minimum absolute atomic E-state index is 0.272. The van der Waals surface area contributed by atoms with Gasteiger partial charge in [-0.05, 0) is 65.1 Å². The molecule has 20 heavy (non-hydrogen) atoms. The molecule has 1 fully saturated rings. The normalized spacial score (nSPS) is 21.4. The van der Waals surface area contributed by atoms with Gasteiger partial charge in [0, 0.05) is 11.6 Å². The van der Waals surface area contributed by atoms with Crippen molar-refractivity contribution in [2.75, 3.05) is 19.6 Å². The molecule has 0 aromatic rings. The van der Waals surface area contributed by atoms with Crippen molar-refractivity contribution < 1.29 is 0 Å². The predicted octanol–water partition coefficient (Wildman–Crippen LogP) is 4.45. The first-order valence-electron chi connectivity index (χ1n) is 9.02. The molecule has 0 amide bonds. The van der Waals surface area contributed by atoms with Gasteiger partial charge >= 0.3 is 0 Å². The van der Waals surface area contributed by atoms with Crippen LogP contribution in [0.25, 0.3) is 0 Å². The predicted molar refractivity (Wildman–Crippen MR) is 90.3 cm³/mol. The van der Waals surface area contributed by atoms with Crippen LogP contribution >= 0.6 is 0 Å². The van der Waals surface area contributed by atoms with Crippen molar-refractivity contribution in [3.8, 4) is 0 Å². The van der Waals surface area contributed by atoms with Crippen molar-refractivity contribution >= 4 is 0 Å². The minimum Gasteiger partial charge on any atom is -0.312 e. The third kappa shape index (κ3) is 5.04. The van der Waals surface area contributed by atoms with Crippen LogP contribution in [0.15, 0.2) is 0 Å². The highest BCUT2D eigenvalue weighted by Crippen LogP contribution is 2.29. The number of nitrogens with one attached hydrogen (secondary N) is 1. The Bertz CT molecular complexity index is 242. The number of hydrogen-bond donors (Lipinski definition) is 1. The maximum absolute atomic E-state index is 3.87. The molecular weight excluding hydrogens is 244 g/mol. The third-order valence-corrected chi connectivity index (χ3v) is 5.11. The molecule has 1 aliphatic heterocycles. The maximum atomic E-state index is 3.87. The van der Waals surface area contributed by atoms with Gasteiger partial charge < -0.3 is 5.32 Å². The Balaban J connectivity index is 2.77. The van der Waals surface area contributed by atoms with Crippen molar-refractivity contribution in [3.05, 3.63) is 0 Å². The average molecular weight is 283 g/mol. The van der Waals surface area contributed by atoms with Crippen LogP contribution in [0.3, 0.4) is 0 Å². The van der Waals surface area contributed by atoms with Crippen LogP contribution in [-0.2, 0) is 0 Å². The molecule has 0 aromatic carbocycles. The zero-order valence-electron chi connectivity index (χ0n) is 14.7. The molecule has 120 valence electrons. The molecule has 1 saturated heterocycles. The molecule has 2 unspecified atom stereocenters. The van der Waals surface area contributed by atoms with E-state index < -0.39 is 0 Å². The number of rotatable bonds is 8. The van der Waals surface area contributed by atoms with E-state index in [1.165, 1.54) is 58.0 Å². The molecule has 1 N–H and O–H groups in total. The van der Waals surface area contributed by atoms with E-state index in [4.69, 9.17) is 0 Å². The van der Waals surface area contributed by atoms with E-state index in [-0.39, 0.29) is 5.54 Å². The summed E-state index contributed by atoms with van der Waals surface area (Å²) in [6.07, 6.45) is 9.46. The van der Waals surface area contributed by atoms with Crippen LogP contribution < -0.4 is 5.32 Å². The Morgan fingerprint density at radius 3 is 2.10 bits per heavy atom. The lowest BCUT2D eigenvalue weighted by atomic mass is 9.81. The first-order valence-corrected chi connectivity index (χ1v) is 9.02. The largest absolute Gasteiger partial charge is 0.312 e. The van der Waals surface area contributed by atoms with Gasteiger partial charge in [-0.2, -0.15) is 0 Å². The van der Waals surface area contributed by atoms with Gasteiger partial charge in [-0.3, -0.25) is 4.90 Å². The van der Waals surface area contributed by atoms with Crippen LogP contribution in [0, 0.1) is 5.92 Å². The molecule has 0 aliphatic carbocycles. The zero-order valence-corrected chi connectivity index (χ0v) is 14.7. The van der Waals surface area contributed by atoms with Crippen molar-refractivity contribution in [3.63, 3.8) is 0 Å².